The van der Waals surface area contributed by atoms with Crippen molar-refractivity contribution in [2.45, 2.75) is 25.4 Å². The van der Waals surface area contributed by atoms with Gasteiger partial charge in [-0.3, -0.25) is 4.79 Å². The summed E-state index contributed by atoms with van der Waals surface area (Å²) < 4.78 is 5.19. The van der Waals surface area contributed by atoms with Gasteiger partial charge in [-0.15, -0.1) is 0 Å². The van der Waals surface area contributed by atoms with Crippen LogP contribution in [0.4, 0.5) is 0 Å². The van der Waals surface area contributed by atoms with E-state index in [1.165, 1.54) is 0 Å². The third-order valence-corrected chi connectivity index (χ3v) is 3.33. The van der Waals surface area contributed by atoms with E-state index in [-0.39, 0.29) is 5.56 Å². The fourth-order valence-electron chi connectivity index (χ4n) is 2.22. The minimum atomic E-state index is -0.0841. The lowest BCUT2D eigenvalue weighted by Gasteiger charge is -2.09. The van der Waals surface area contributed by atoms with Crippen LogP contribution in [0.2, 0.25) is 0 Å². The predicted molar refractivity (Wildman–Crippen MR) is 73.0 cm³/mol. The lowest BCUT2D eigenvalue weighted by atomic mass is 10.1. The fourth-order valence-corrected chi connectivity index (χ4v) is 2.22. The third kappa shape index (κ3) is 2.58. The highest BCUT2D eigenvalue weighted by Crippen LogP contribution is 2.38. The molecule has 1 aromatic heterocycles. The van der Waals surface area contributed by atoms with Gasteiger partial charge < -0.3 is 9.72 Å². The largest absolute Gasteiger partial charge is 0.380 e. The average molecular weight is 256 g/mol. The summed E-state index contributed by atoms with van der Waals surface area (Å²) in [6.07, 6.45) is 2.27. The second-order valence-corrected chi connectivity index (χ2v) is 4.88. The van der Waals surface area contributed by atoms with Crippen molar-refractivity contribution in [3.8, 4) is 11.4 Å². The minimum Gasteiger partial charge on any atom is -0.380 e. The Hall–Kier alpha value is -1.94. The van der Waals surface area contributed by atoms with Crippen molar-refractivity contribution >= 4 is 0 Å². The predicted octanol–water partition coefficient (Wildman–Crippen LogP) is 2.46. The first-order valence-corrected chi connectivity index (χ1v) is 6.46. The van der Waals surface area contributed by atoms with E-state index in [2.05, 4.69) is 9.97 Å². The van der Waals surface area contributed by atoms with Gasteiger partial charge in [0.05, 0.1) is 12.3 Å². The molecule has 19 heavy (non-hydrogen) atoms. The summed E-state index contributed by atoms with van der Waals surface area (Å²) in [4.78, 5) is 19.2. The Morgan fingerprint density at radius 1 is 1.37 bits per heavy atom. The van der Waals surface area contributed by atoms with Crippen molar-refractivity contribution in [3.05, 3.63) is 51.9 Å². The Balaban J connectivity index is 2.08. The average Bonchev–Trinajstić information content (AvgIpc) is 3.23. The molecule has 1 aliphatic rings. The highest BCUT2D eigenvalue weighted by atomic mass is 16.5. The number of aromatic nitrogens is 2. The fraction of sp³-hybridized carbons (Fsp3) is 0.333. The Kier molecular flexibility index (Phi) is 3.17. The monoisotopic (exact) mass is 256 g/mol. The summed E-state index contributed by atoms with van der Waals surface area (Å²) in [7, 11) is 1.66. The molecule has 2 aromatic rings. The summed E-state index contributed by atoms with van der Waals surface area (Å²) >= 11 is 0. The minimum absolute atomic E-state index is 0.0841. The molecule has 4 heteroatoms. The first-order valence-electron chi connectivity index (χ1n) is 6.46. The molecule has 0 saturated heterocycles. The SMILES string of the molecule is COCc1ccccc1-c1nc(C2CC2)cc(=O)[nH]1. The van der Waals surface area contributed by atoms with Crippen LogP contribution in [-0.4, -0.2) is 17.1 Å². The Morgan fingerprint density at radius 3 is 2.89 bits per heavy atom. The molecular weight excluding hydrogens is 240 g/mol. The van der Waals surface area contributed by atoms with Gasteiger partial charge in [0.15, 0.2) is 0 Å². The van der Waals surface area contributed by atoms with Gasteiger partial charge in [-0.25, -0.2) is 4.98 Å². The molecule has 0 atom stereocenters. The van der Waals surface area contributed by atoms with Crippen molar-refractivity contribution < 1.29 is 4.74 Å². The maximum Gasteiger partial charge on any atom is 0.251 e. The van der Waals surface area contributed by atoms with E-state index in [0.717, 1.165) is 29.7 Å². The standard InChI is InChI=1S/C15H16N2O2/c1-19-9-11-4-2-3-5-12(11)15-16-13(10-6-7-10)8-14(18)17-15/h2-5,8,10H,6-7,9H2,1H3,(H,16,17,18). The lowest BCUT2D eigenvalue weighted by molar-refractivity contribution is 0.185. The number of methoxy groups -OCH3 is 1. The van der Waals surface area contributed by atoms with E-state index in [1.54, 1.807) is 13.2 Å². The van der Waals surface area contributed by atoms with E-state index < -0.39 is 0 Å². The van der Waals surface area contributed by atoms with Crippen LogP contribution in [0.5, 0.6) is 0 Å². The van der Waals surface area contributed by atoms with Crippen LogP contribution in [0.15, 0.2) is 35.1 Å². The molecule has 1 aliphatic carbocycles. The van der Waals surface area contributed by atoms with Crippen LogP contribution in [0, 0.1) is 0 Å². The number of hydrogen-bond acceptors (Lipinski definition) is 3. The van der Waals surface area contributed by atoms with E-state index in [9.17, 15) is 4.79 Å². The van der Waals surface area contributed by atoms with Gasteiger partial charge in [0.1, 0.15) is 5.82 Å². The molecule has 3 rings (SSSR count). The van der Waals surface area contributed by atoms with Gasteiger partial charge in [0.2, 0.25) is 0 Å². The van der Waals surface area contributed by atoms with Crippen LogP contribution in [0.25, 0.3) is 11.4 Å². The quantitative estimate of drug-likeness (QED) is 0.914. The maximum atomic E-state index is 11.8. The van der Waals surface area contributed by atoms with Crippen LogP contribution in [0.3, 0.4) is 0 Å². The van der Waals surface area contributed by atoms with Gasteiger partial charge >= 0.3 is 0 Å². The van der Waals surface area contributed by atoms with E-state index in [1.807, 2.05) is 24.3 Å². The second-order valence-electron chi connectivity index (χ2n) is 4.88. The number of nitrogens with one attached hydrogen (secondary N) is 1. The summed E-state index contributed by atoms with van der Waals surface area (Å²) in [5.41, 5.74) is 2.79. The Bertz CT molecular complexity index is 645. The van der Waals surface area contributed by atoms with Gasteiger partial charge in [-0.2, -0.15) is 0 Å². The number of hydrogen-bond donors (Lipinski definition) is 1. The smallest absolute Gasteiger partial charge is 0.251 e. The molecule has 4 nitrogen and oxygen atoms in total. The molecule has 1 N–H and O–H groups in total. The molecule has 1 fully saturated rings. The van der Waals surface area contributed by atoms with Crippen molar-refractivity contribution in [1.29, 1.82) is 0 Å². The molecule has 0 aliphatic heterocycles. The summed E-state index contributed by atoms with van der Waals surface area (Å²) in [6.45, 7) is 0.507. The topological polar surface area (TPSA) is 55.0 Å². The molecule has 1 aromatic carbocycles. The molecule has 0 bridgehead atoms. The lowest BCUT2D eigenvalue weighted by Crippen LogP contribution is -2.10. The molecule has 0 radical (unpaired) electrons. The van der Waals surface area contributed by atoms with Crippen molar-refractivity contribution in [2.24, 2.45) is 0 Å². The van der Waals surface area contributed by atoms with E-state index in [0.29, 0.717) is 18.3 Å². The number of H-pyrrole nitrogens is 1. The zero-order valence-electron chi connectivity index (χ0n) is 10.8. The van der Waals surface area contributed by atoms with E-state index >= 15 is 0 Å². The number of rotatable bonds is 4. The first kappa shape index (κ1) is 12.1. The number of aromatic amines is 1. The number of nitrogens with zero attached hydrogens (tertiary/aromatic N) is 1. The van der Waals surface area contributed by atoms with Crippen molar-refractivity contribution in [2.75, 3.05) is 7.11 Å². The van der Waals surface area contributed by atoms with Crippen LogP contribution >= 0.6 is 0 Å². The molecule has 1 saturated carbocycles. The molecule has 0 spiro atoms. The summed E-state index contributed by atoms with van der Waals surface area (Å²) in [5, 5.41) is 0. The zero-order chi connectivity index (χ0) is 13.2. The molecule has 98 valence electrons. The molecule has 0 amide bonds. The normalized spacial score (nSPS) is 14.6. The first-order chi connectivity index (χ1) is 9.28. The number of ether oxygens (including phenoxy) is 1. The molecule has 1 heterocycles. The number of benzene rings is 1. The van der Waals surface area contributed by atoms with Gasteiger partial charge in [0, 0.05) is 24.7 Å². The zero-order valence-corrected chi connectivity index (χ0v) is 10.8. The van der Waals surface area contributed by atoms with Crippen LogP contribution < -0.4 is 5.56 Å². The van der Waals surface area contributed by atoms with Gasteiger partial charge in [0.25, 0.3) is 5.56 Å². The Morgan fingerprint density at radius 2 is 2.16 bits per heavy atom. The maximum absolute atomic E-state index is 11.8. The van der Waals surface area contributed by atoms with Crippen molar-refractivity contribution in [3.63, 3.8) is 0 Å². The Labute approximate surface area is 111 Å². The van der Waals surface area contributed by atoms with E-state index in [4.69, 9.17) is 4.74 Å². The third-order valence-electron chi connectivity index (χ3n) is 3.33. The van der Waals surface area contributed by atoms with Crippen LogP contribution in [-0.2, 0) is 11.3 Å². The van der Waals surface area contributed by atoms with Gasteiger partial charge in [-0.05, 0) is 18.4 Å². The van der Waals surface area contributed by atoms with Gasteiger partial charge in [-0.1, -0.05) is 24.3 Å². The van der Waals surface area contributed by atoms with Crippen molar-refractivity contribution in [1.82, 2.24) is 9.97 Å². The highest BCUT2D eigenvalue weighted by Gasteiger charge is 2.26. The summed E-state index contributed by atoms with van der Waals surface area (Å²) in [6, 6.07) is 9.46. The summed E-state index contributed by atoms with van der Waals surface area (Å²) in [5.74, 6) is 1.11. The second kappa shape index (κ2) is 4.97. The highest BCUT2D eigenvalue weighted by molar-refractivity contribution is 5.60. The molecular formula is C15H16N2O2. The molecule has 0 unspecified atom stereocenters. The van der Waals surface area contributed by atoms with Crippen LogP contribution in [0.1, 0.15) is 30.0 Å².